The molecule has 2 aromatic carbocycles. The summed E-state index contributed by atoms with van der Waals surface area (Å²) in [6.45, 7) is 2.68. The summed E-state index contributed by atoms with van der Waals surface area (Å²) in [5, 5.41) is 2.53. The lowest BCUT2D eigenvalue weighted by molar-refractivity contribution is 0.138. The van der Waals surface area contributed by atoms with Crippen molar-refractivity contribution in [3.8, 4) is 0 Å². The molecular formula is C15H14BrNO. The number of hydrogen-bond acceptors (Lipinski definition) is 1. The van der Waals surface area contributed by atoms with Gasteiger partial charge in [-0.2, -0.15) is 0 Å². The highest BCUT2D eigenvalue weighted by Gasteiger charge is 2.11. The Balaban J connectivity index is 2.49. The van der Waals surface area contributed by atoms with Crippen molar-refractivity contribution in [3.05, 3.63) is 46.4 Å². The molecule has 3 heteroatoms. The minimum atomic E-state index is 0.574. The van der Waals surface area contributed by atoms with Crippen LogP contribution in [0.3, 0.4) is 0 Å². The third-order valence-electron chi connectivity index (χ3n) is 3.31. The van der Waals surface area contributed by atoms with Gasteiger partial charge in [0.1, 0.15) is 6.73 Å². The van der Waals surface area contributed by atoms with Crippen molar-refractivity contribution in [2.45, 2.75) is 13.7 Å². The van der Waals surface area contributed by atoms with Gasteiger partial charge in [-0.05, 0) is 30.7 Å². The van der Waals surface area contributed by atoms with Crippen molar-refractivity contribution in [2.24, 2.45) is 0 Å². The van der Waals surface area contributed by atoms with E-state index in [2.05, 4.69) is 63.8 Å². The van der Waals surface area contributed by atoms with Crippen LogP contribution in [0.25, 0.3) is 21.8 Å². The molecule has 0 bridgehead atoms. The Labute approximate surface area is 114 Å². The molecule has 18 heavy (non-hydrogen) atoms. The van der Waals surface area contributed by atoms with Crippen LogP contribution in [0, 0.1) is 6.92 Å². The first-order valence-corrected chi connectivity index (χ1v) is 6.67. The third kappa shape index (κ3) is 1.66. The van der Waals surface area contributed by atoms with Crippen LogP contribution < -0.4 is 0 Å². The summed E-state index contributed by atoms with van der Waals surface area (Å²) in [7, 11) is 1.73. The first-order chi connectivity index (χ1) is 8.72. The molecule has 0 aliphatic carbocycles. The van der Waals surface area contributed by atoms with Gasteiger partial charge in [-0.15, -0.1) is 0 Å². The van der Waals surface area contributed by atoms with Crippen LogP contribution in [-0.2, 0) is 11.5 Å². The molecule has 0 radical (unpaired) electrons. The number of nitrogens with zero attached hydrogens (tertiary/aromatic N) is 1. The zero-order chi connectivity index (χ0) is 12.7. The Bertz CT molecular complexity index is 730. The smallest absolute Gasteiger partial charge is 0.123 e. The van der Waals surface area contributed by atoms with Gasteiger partial charge < -0.3 is 9.30 Å². The summed E-state index contributed by atoms with van der Waals surface area (Å²) < 4.78 is 8.68. The van der Waals surface area contributed by atoms with Gasteiger partial charge in [0, 0.05) is 22.4 Å². The maximum Gasteiger partial charge on any atom is 0.123 e. The summed E-state index contributed by atoms with van der Waals surface area (Å²) in [5.41, 5.74) is 3.67. The molecule has 0 fully saturated rings. The standard InChI is InChI=1S/C15H14BrNO/c1-10-7-15-12(8-13(10)16)11-5-3-4-6-14(11)17(15)9-18-2/h3-8H,9H2,1-2H3. The first-order valence-electron chi connectivity index (χ1n) is 5.88. The second kappa shape index (κ2) is 4.41. The molecule has 0 spiro atoms. The van der Waals surface area contributed by atoms with E-state index in [9.17, 15) is 0 Å². The van der Waals surface area contributed by atoms with Gasteiger partial charge in [0.2, 0.25) is 0 Å². The molecule has 0 N–H and O–H groups in total. The molecule has 0 atom stereocenters. The Morgan fingerprint density at radius 1 is 1.11 bits per heavy atom. The fraction of sp³-hybridized carbons (Fsp3) is 0.200. The number of rotatable bonds is 2. The predicted octanol–water partition coefficient (Wildman–Crippen LogP) is 4.47. The number of ether oxygens (including phenoxy) is 1. The number of aryl methyl sites for hydroxylation is 1. The molecule has 0 aliphatic rings. The summed E-state index contributed by atoms with van der Waals surface area (Å²) in [6, 6.07) is 12.8. The number of halogens is 1. The Hall–Kier alpha value is -1.32. The fourth-order valence-corrected chi connectivity index (χ4v) is 2.78. The quantitative estimate of drug-likeness (QED) is 0.681. The molecule has 0 saturated heterocycles. The van der Waals surface area contributed by atoms with E-state index >= 15 is 0 Å². The van der Waals surface area contributed by atoms with Gasteiger partial charge in [0.25, 0.3) is 0 Å². The molecule has 0 amide bonds. The average molecular weight is 304 g/mol. The van der Waals surface area contributed by atoms with Crippen LogP contribution in [0.2, 0.25) is 0 Å². The molecule has 0 saturated carbocycles. The maximum absolute atomic E-state index is 5.32. The van der Waals surface area contributed by atoms with Gasteiger partial charge in [0.05, 0.1) is 11.0 Å². The van der Waals surface area contributed by atoms with Crippen LogP contribution in [-0.4, -0.2) is 11.7 Å². The molecule has 0 aliphatic heterocycles. The Kier molecular flexibility index (Phi) is 2.88. The average Bonchev–Trinajstić information content (AvgIpc) is 2.66. The van der Waals surface area contributed by atoms with E-state index < -0.39 is 0 Å². The van der Waals surface area contributed by atoms with E-state index in [1.807, 2.05) is 0 Å². The van der Waals surface area contributed by atoms with Crippen LogP contribution in [0.1, 0.15) is 5.56 Å². The largest absolute Gasteiger partial charge is 0.364 e. The van der Waals surface area contributed by atoms with Crippen LogP contribution in [0.15, 0.2) is 40.9 Å². The Morgan fingerprint density at radius 2 is 1.89 bits per heavy atom. The summed E-state index contributed by atoms with van der Waals surface area (Å²) in [5.74, 6) is 0. The topological polar surface area (TPSA) is 14.2 Å². The zero-order valence-corrected chi connectivity index (χ0v) is 12.0. The lowest BCUT2D eigenvalue weighted by atomic mass is 10.1. The number of aromatic nitrogens is 1. The van der Waals surface area contributed by atoms with Crippen molar-refractivity contribution >= 4 is 37.7 Å². The lowest BCUT2D eigenvalue weighted by Crippen LogP contribution is -1.99. The van der Waals surface area contributed by atoms with E-state index in [0.29, 0.717) is 6.73 Å². The normalized spacial score (nSPS) is 11.5. The highest BCUT2D eigenvalue weighted by Crippen LogP contribution is 2.32. The number of para-hydroxylation sites is 1. The molecule has 1 aromatic heterocycles. The summed E-state index contributed by atoms with van der Waals surface area (Å²) >= 11 is 3.61. The van der Waals surface area contributed by atoms with Gasteiger partial charge in [-0.25, -0.2) is 0 Å². The Morgan fingerprint density at radius 3 is 2.67 bits per heavy atom. The SMILES string of the molecule is COCn1c2ccccc2c2cc(Br)c(C)cc21. The molecule has 92 valence electrons. The van der Waals surface area contributed by atoms with E-state index in [4.69, 9.17) is 4.74 Å². The van der Waals surface area contributed by atoms with E-state index in [0.717, 1.165) is 4.47 Å². The zero-order valence-electron chi connectivity index (χ0n) is 10.4. The molecule has 0 unspecified atom stereocenters. The number of hydrogen-bond donors (Lipinski definition) is 0. The molecular weight excluding hydrogens is 290 g/mol. The van der Waals surface area contributed by atoms with E-state index in [1.54, 1.807) is 7.11 Å². The third-order valence-corrected chi connectivity index (χ3v) is 4.17. The van der Waals surface area contributed by atoms with Crippen LogP contribution in [0.4, 0.5) is 0 Å². The van der Waals surface area contributed by atoms with E-state index in [1.165, 1.54) is 27.4 Å². The molecule has 3 rings (SSSR count). The van der Waals surface area contributed by atoms with Gasteiger partial charge in [-0.3, -0.25) is 0 Å². The van der Waals surface area contributed by atoms with Crippen LogP contribution >= 0.6 is 15.9 Å². The van der Waals surface area contributed by atoms with Gasteiger partial charge in [-0.1, -0.05) is 34.1 Å². The second-order valence-corrected chi connectivity index (χ2v) is 5.34. The first kappa shape index (κ1) is 11.8. The fourth-order valence-electron chi connectivity index (χ4n) is 2.44. The van der Waals surface area contributed by atoms with Crippen molar-refractivity contribution < 1.29 is 4.74 Å². The van der Waals surface area contributed by atoms with E-state index in [-0.39, 0.29) is 0 Å². The number of methoxy groups -OCH3 is 1. The number of benzene rings is 2. The van der Waals surface area contributed by atoms with Crippen molar-refractivity contribution in [1.29, 1.82) is 0 Å². The predicted molar refractivity (Wildman–Crippen MR) is 78.9 cm³/mol. The van der Waals surface area contributed by atoms with Crippen molar-refractivity contribution in [2.75, 3.05) is 7.11 Å². The highest BCUT2D eigenvalue weighted by molar-refractivity contribution is 9.10. The maximum atomic E-state index is 5.32. The van der Waals surface area contributed by atoms with Crippen LogP contribution in [0.5, 0.6) is 0 Å². The van der Waals surface area contributed by atoms with Crippen molar-refractivity contribution in [1.82, 2.24) is 4.57 Å². The minimum absolute atomic E-state index is 0.574. The second-order valence-electron chi connectivity index (χ2n) is 4.48. The number of fused-ring (bicyclic) bond motifs is 3. The summed E-state index contributed by atoms with van der Waals surface area (Å²) in [6.07, 6.45) is 0. The molecule has 3 aromatic rings. The lowest BCUT2D eigenvalue weighted by Gasteiger charge is -2.06. The molecule has 1 heterocycles. The molecule has 2 nitrogen and oxygen atoms in total. The van der Waals surface area contributed by atoms with Crippen molar-refractivity contribution in [3.63, 3.8) is 0 Å². The monoisotopic (exact) mass is 303 g/mol. The minimum Gasteiger partial charge on any atom is -0.364 e. The van der Waals surface area contributed by atoms with Gasteiger partial charge in [0.15, 0.2) is 0 Å². The van der Waals surface area contributed by atoms with Gasteiger partial charge >= 0.3 is 0 Å². The highest BCUT2D eigenvalue weighted by atomic mass is 79.9. The summed E-state index contributed by atoms with van der Waals surface area (Å²) in [4.78, 5) is 0.